The van der Waals surface area contributed by atoms with Gasteiger partial charge in [-0.25, -0.2) is 4.79 Å². The maximum absolute atomic E-state index is 11.2. The maximum Gasteiger partial charge on any atom is 0.513 e. The van der Waals surface area contributed by atoms with Crippen LogP contribution >= 0.6 is 11.6 Å². The predicted octanol–water partition coefficient (Wildman–Crippen LogP) is 4.63. The molecule has 0 saturated carbocycles. The van der Waals surface area contributed by atoms with Crippen molar-refractivity contribution in [1.82, 2.24) is 0 Å². The fourth-order valence-corrected chi connectivity index (χ4v) is 2.22. The van der Waals surface area contributed by atoms with Crippen LogP contribution in [0.3, 0.4) is 0 Å². The molecule has 116 valence electrons. The molecule has 2 aromatic rings. The van der Waals surface area contributed by atoms with E-state index in [1.807, 2.05) is 31.2 Å². The van der Waals surface area contributed by atoms with Crippen LogP contribution in [0.2, 0.25) is 5.02 Å². The molecule has 4 nitrogen and oxygen atoms in total. The Bertz CT molecular complexity index is 655. The van der Waals surface area contributed by atoms with Gasteiger partial charge in [0.2, 0.25) is 0 Å². The number of para-hydroxylation sites is 1. The first-order valence-corrected chi connectivity index (χ1v) is 7.26. The minimum atomic E-state index is -0.761. The second kappa shape index (κ2) is 7.71. The van der Waals surface area contributed by atoms with Crippen molar-refractivity contribution < 1.29 is 19.0 Å². The molecule has 0 aliphatic carbocycles. The summed E-state index contributed by atoms with van der Waals surface area (Å²) in [4.78, 5) is 11.2. The third-order valence-electron chi connectivity index (χ3n) is 3.13. The molecule has 0 unspecified atom stereocenters. The number of ether oxygens (including phenoxy) is 3. The molecule has 0 heterocycles. The molecule has 5 heteroatoms. The quantitative estimate of drug-likeness (QED) is 0.595. The summed E-state index contributed by atoms with van der Waals surface area (Å²) in [7, 11) is 1.26. The van der Waals surface area contributed by atoms with Crippen LogP contribution in [0.15, 0.2) is 42.5 Å². The Morgan fingerprint density at radius 3 is 2.59 bits per heavy atom. The number of benzene rings is 2. The van der Waals surface area contributed by atoms with Crippen molar-refractivity contribution in [1.29, 1.82) is 0 Å². The van der Waals surface area contributed by atoms with Crippen molar-refractivity contribution in [2.75, 3.05) is 7.11 Å². The van der Waals surface area contributed by atoms with Crippen molar-refractivity contribution in [3.05, 3.63) is 58.6 Å². The number of carbonyl (C=O) groups excluding carboxylic acids is 1. The summed E-state index contributed by atoms with van der Waals surface area (Å²) in [5.41, 5.74) is 1.81. The van der Waals surface area contributed by atoms with Gasteiger partial charge in [-0.1, -0.05) is 42.8 Å². The summed E-state index contributed by atoms with van der Waals surface area (Å²) in [5, 5.41) is 0.680. The molecule has 0 saturated heterocycles. The van der Waals surface area contributed by atoms with E-state index in [0.29, 0.717) is 16.5 Å². The van der Waals surface area contributed by atoms with Gasteiger partial charge in [0.15, 0.2) is 0 Å². The molecular formula is C17H17ClO4. The number of methoxy groups -OCH3 is 1. The topological polar surface area (TPSA) is 44.8 Å². The highest BCUT2D eigenvalue weighted by Crippen LogP contribution is 2.25. The zero-order chi connectivity index (χ0) is 15.9. The van der Waals surface area contributed by atoms with E-state index in [9.17, 15) is 4.79 Å². The highest BCUT2D eigenvalue weighted by atomic mass is 35.5. The highest BCUT2D eigenvalue weighted by molar-refractivity contribution is 6.31. The van der Waals surface area contributed by atoms with Crippen molar-refractivity contribution in [3.63, 3.8) is 0 Å². The molecule has 0 spiro atoms. The Morgan fingerprint density at radius 2 is 1.91 bits per heavy atom. The van der Waals surface area contributed by atoms with Gasteiger partial charge in [-0.15, -0.1) is 0 Å². The maximum atomic E-state index is 11.2. The van der Waals surface area contributed by atoms with Gasteiger partial charge in [-0.05, 0) is 30.2 Å². The molecule has 0 aliphatic heterocycles. The standard InChI is InChI=1S/C17H17ClO4/c1-3-12-8-9-14(10-15(12)18)21-11-13-6-4-5-7-16(13)22-17(19)20-2/h4-10H,3,11H2,1-2H3. The number of hydrogen-bond acceptors (Lipinski definition) is 4. The summed E-state index contributed by atoms with van der Waals surface area (Å²) < 4.78 is 15.3. The molecule has 2 aromatic carbocycles. The molecule has 2 rings (SSSR count). The van der Waals surface area contributed by atoms with Crippen LogP contribution in [-0.4, -0.2) is 13.3 Å². The molecule has 0 atom stereocenters. The van der Waals surface area contributed by atoms with E-state index in [0.717, 1.165) is 17.5 Å². The average Bonchev–Trinajstić information content (AvgIpc) is 2.54. The average molecular weight is 321 g/mol. The van der Waals surface area contributed by atoms with E-state index in [-0.39, 0.29) is 6.61 Å². The SMILES string of the molecule is CCc1ccc(OCc2ccccc2OC(=O)OC)cc1Cl. The largest absolute Gasteiger partial charge is 0.513 e. The number of carbonyl (C=O) groups is 1. The summed E-state index contributed by atoms with van der Waals surface area (Å²) in [5.74, 6) is 1.07. The second-order valence-corrected chi connectivity index (χ2v) is 4.97. The van der Waals surface area contributed by atoms with Crippen molar-refractivity contribution in [2.24, 2.45) is 0 Å². The van der Waals surface area contributed by atoms with Gasteiger partial charge < -0.3 is 14.2 Å². The van der Waals surface area contributed by atoms with E-state index < -0.39 is 6.16 Å². The lowest BCUT2D eigenvalue weighted by atomic mass is 10.1. The lowest BCUT2D eigenvalue weighted by Crippen LogP contribution is -2.09. The van der Waals surface area contributed by atoms with Crippen LogP contribution in [-0.2, 0) is 17.8 Å². The van der Waals surface area contributed by atoms with Gasteiger partial charge in [0.1, 0.15) is 18.1 Å². The van der Waals surface area contributed by atoms with Crippen LogP contribution in [0.25, 0.3) is 0 Å². The van der Waals surface area contributed by atoms with Crippen LogP contribution in [0.5, 0.6) is 11.5 Å². The fourth-order valence-electron chi connectivity index (χ4n) is 1.92. The zero-order valence-corrected chi connectivity index (χ0v) is 13.2. The van der Waals surface area contributed by atoms with Crippen molar-refractivity contribution in [3.8, 4) is 11.5 Å². The van der Waals surface area contributed by atoms with Crippen LogP contribution in [0, 0.1) is 0 Å². The molecule has 0 aliphatic rings. The van der Waals surface area contributed by atoms with Crippen molar-refractivity contribution >= 4 is 17.8 Å². The molecule has 0 bridgehead atoms. The first-order valence-electron chi connectivity index (χ1n) is 6.89. The monoisotopic (exact) mass is 320 g/mol. The number of hydrogen-bond donors (Lipinski definition) is 0. The summed E-state index contributed by atoms with van der Waals surface area (Å²) >= 11 is 6.16. The molecule has 0 N–H and O–H groups in total. The van der Waals surface area contributed by atoms with E-state index in [4.69, 9.17) is 21.1 Å². The summed E-state index contributed by atoms with van der Waals surface area (Å²) in [6, 6.07) is 12.7. The third kappa shape index (κ3) is 4.15. The number of halogens is 1. The summed E-state index contributed by atoms with van der Waals surface area (Å²) in [6.07, 6.45) is 0.109. The predicted molar refractivity (Wildman–Crippen MR) is 84.6 cm³/mol. The van der Waals surface area contributed by atoms with Gasteiger partial charge in [0.05, 0.1) is 7.11 Å². The molecule has 0 aromatic heterocycles. The van der Waals surface area contributed by atoms with Gasteiger partial charge >= 0.3 is 6.16 Å². The minimum Gasteiger partial charge on any atom is -0.489 e. The molecule has 0 amide bonds. The molecule has 22 heavy (non-hydrogen) atoms. The molecular weight excluding hydrogens is 304 g/mol. The van der Waals surface area contributed by atoms with E-state index in [1.165, 1.54) is 7.11 Å². The number of aryl methyl sites for hydroxylation is 1. The van der Waals surface area contributed by atoms with E-state index in [1.54, 1.807) is 18.2 Å². The molecule has 0 fully saturated rings. The zero-order valence-electron chi connectivity index (χ0n) is 12.5. The Labute approximate surface area is 134 Å². The smallest absolute Gasteiger partial charge is 0.489 e. The highest BCUT2D eigenvalue weighted by Gasteiger charge is 2.09. The minimum absolute atomic E-state index is 0.259. The van der Waals surface area contributed by atoms with Crippen LogP contribution in [0.1, 0.15) is 18.1 Å². The van der Waals surface area contributed by atoms with Gasteiger partial charge in [-0.3, -0.25) is 0 Å². The van der Waals surface area contributed by atoms with E-state index >= 15 is 0 Å². The van der Waals surface area contributed by atoms with E-state index in [2.05, 4.69) is 4.74 Å². The Kier molecular flexibility index (Phi) is 5.67. The van der Waals surface area contributed by atoms with Gasteiger partial charge in [-0.2, -0.15) is 0 Å². The normalized spacial score (nSPS) is 10.1. The van der Waals surface area contributed by atoms with Crippen molar-refractivity contribution in [2.45, 2.75) is 20.0 Å². The Hall–Kier alpha value is -2.20. The van der Waals surface area contributed by atoms with Crippen LogP contribution < -0.4 is 9.47 Å². The third-order valence-corrected chi connectivity index (χ3v) is 3.48. The first-order chi connectivity index (χ1) is 10.6. The lowest BCUT2D eigenvalue weighted by molar-refractivity contribution is 0.120. The molecule has 0 radical (unpaired) electrons. The fraction of sp³-hybridized carbons (Fsp3) is 0.235. The second-order valence-electron chi connectivity index (χ2n) is 4.56. The van der Waals surface area contributed by atoms with Gasteiger partial charge in [0.25, 0.3) is 0 Å². The lowest BCUT2D eigenvalue weighted by Gasteiger charge is -2.11. The summed E-state index contributed by atoms with van der Waals surface area (Å²) in [6.45, 7) is 2.30. The van der Waals surface area contributed by atoms with Gasteiger partial charge in [0, 0.05) is 10.6 Å². The Balaban J connectivity index is 2.08. The Morgan fingerprint density at radius 1 is 1.14 bits per heavy atom. The first kappa shape index (κ1) is 16.2. The van der Waals surface area contributed by atoms with Crippen LogP contribution in [0.4, 0.5) is 4.79 Å². The number of rotatable bonds is 5.